The van der Waals surface area contributed by atoms with E-state index in [0.29, 0.717) is 25.2 Å². The second kappa shape index (κ2) is 9.78. The molecular formula is C23H22F3N7O4. The number of benzene rings is 1. The molecule has 1 fully saturated rings. The fourth-order valence-corrected chi connectivity index (χ4v) is 4.22. The average Bonchev–Trinajstić information content (AvgIpc) is 3.31. The van der Waals surface area contributed by atoms with Crippen molar-refractivity contribution in [3.8, 4) is 17.3 Å². The van der Waals surface area contributed by atoms with E-state index in [1.807, 2.05) is 4.90 Å². The van der Waals surface area contributed by atoms with Gasteiger partial charge in [-0.3, -0.25) is 10.2 Å². The number of hydrogen-bond donors (Lipinski definition) is 3. The van der Waals surface area contributed by atoms with Gasteiger partial charge < -0.3 is 19.8 Å². The number of carbonyl (C=O) groups is 1. The first kappa shape index (κ1) is 24.6. The summed E-state index contributed by atoms with van der Waals surface area (Å²) in [6.45, 7) is 0.538. The van der Waals surface area contributed by atoms with Crippen LogP contribution in [-0.4, -0.2) is 74.6 Å². The molecule has 2 aliphatic heterocycles. The summed E-state index contributed by atoms with van der Waals surface area (Å²) >= 11 is 0. The van der Waals surface area contributed by atoms with Gasteiger partial charge in [0.1, 0.15) is 12.7 Å². The number of halogens is 3. The normalized spacial score (nSPS) is 17.4. The van der Waals surface area contributed by atoms with Crippen LogP contribution in [0.1, 0.15) is 12.0 Å². The summed E-state index contributed by atoms with van der Waals surface area (Å²) in [7, 11) is 0. The minimum atomic E-state index is -4.52. The van der Waals surface area contributed by atoms with Crippen LogP contribution in [0.2, 0.25) is 0 Å². The number of ether oxygens (including phenoxy) is 1. The summed E-state index contributed by atoms with van der Waals surface area (Å²) in [6, 6.07) is 5.33. The van der Waals surface area contributed by atoms with Crippen molar-refractivity contribution >= 4 is 23.5 Å². The van der Waals surface area contributed by atoms with Crippen molar-refractivity contribution in [2.45, 2.75) is 24.7 Å². The van der Waals surface area contributed by atoms with Crippen LogP contribution in [0, 0.1) is 0 Å². The van der Waals surface area contributed by atoms with E-state index in [4.69, 9.17) is 9.84 Å². The lowest BCUT2D eigenvalue weighted by Gasteiger charge is -2.35. The predicted molar refractivity (Wildman–Crippen MR) is 125 cm³/mol. The number of fused-ring (bicyclic) bond motifs is 4. The zero-order valence-corrected chi connectivity index (χ0v) is 19.3. The number of nitrogens with zero attached hydrogens (tertiary/aromatic N) is 6. The van der Waals surface area contributed by atoms with Gasteiger partial charge in [-0.05, 0) is 18.6 Å². The molecule has 1 aromatic carbocycles. The van der Waals surface area contributed by atoms with Gasteiger partial charge in [0.05, 0.1) is 30.1 Å². The van der Waals surface area contributed by atoms with Gasteiger partial charge in [-0.25, -0.2) is 19.7 Å². The highest BCUT2D eigenvalue weighted by Crippen LogP contribution is 2.40. The number of aliphatic hydroxyl groups excluding tert-OH is 2. The van der Waals surface area contributed by atoms with E-state index in [1.165, 1.54) is 35.5 Å². The van der Waals surface area contributed by atoms with Crippen molar-refractivity contribution in [1.29, 1.82) is 0 Å². The van der Waals surface area contributed by atoms with Crippen molar-refractivity contribution in [3.63, 3.8) is 0 Å². The molecule has 3 N–H and O–H groups in total. The van der Waals surface area contributed by atoms with E-state index < -0.39 is 30.5 Å². The standard InChI is InChI=1S/C23H22F3N7O4/c24-23(25,26)14-3-1-2-13(8-14)19-28-9-17-20(30-19)33(15-5-7-32(17)10-15)22(36)31-21-27-6-4-18(29-21)37-12-16(35)11-34/h1-4,6,8-9,15-16,34-35H,5,7,10-12H2,(H,27,29,31,36)/t15-,16-/m0/s1. The van der Waals surface area contributed by atoms with Crippen molar-refractivity contribution in [2.24, 2.45) is 0 Å². The molecule has 0 aliphatic carbocycles. The highest BCUT2D eigenvalue weighted by Gasteiger charge is 2.41. The molecule has 0 spiro atoms. The first-order valence-corrected chi connectivity index (χ1v) is 11.4. The Morgan fingerprint density at radius 2 is 2.08 bits per heavy atom. The Balaban J connectivity index is 1.42. The first-order chi connectivity index (χ1) is 17.7. The van der Waals surface area contributed by atoms with E-state index in [-0.39, 0.29) is 41.7 Å². The molecule has 1 saturated heterocycles. The van der Waals surface area contributed by atoms with E-state index in [1.54, 1.807) is 0 Å². The van der Waals surface area contributed by atoms with E-state index in [9.17, 15) is 23.1 Å². The average molecular weight is 517 g/mol. The molecule has 11 nitrogen and oxygen atoms in total. The summed E-state index contributed by atoms with van der Waals surface area (Å²) in [6.07, 6.45) is -2.08. The van der Waals surface area contributed by atoms with Crippen LogP contribution in [0.5, 0.6) is 5.88 Å². The van der Waals surface area contributed by atoms with Crippen molar-refractivity contribution in [2.75, 3.05) is 41.4 Å². The number of carbonyl (C=O) groups excluding carboxylic acids is 1. The molecule has 2 atom stereocenters. The van der Waals surface area contributed by atoms with Gasteiger partial charge in [-0.15, -0.1) is 0 Å². The van der Waals surface area contributed by atoms with Crippen molar-refractivity contribution < 1.29 is 32.9 Å². The van der Waals surface area contributed by atoms with Crippen LogP contribution in [0.15, 0.2) is 42.7 Å². The third kappa shape index (κ3) is 5.11. The summed E-state index contributed by atoms with van der Waals surface area (Å²) in [5.41, 5.74) is -0.0599. The first-order valence-electron chi connectivity index (χ1n) is 11.4. The SMILES string of the molecule is O=C(Nc1nccc(OC[C@@H](O)CO)n1)N1c2nc(-c3cccc(C(F)(F)F)c3)ncc2N2CC[C@H]1C2. The number of urea groups is 1. The number of rotatable bonds is 6. The third-order valence-electron chi connectivity index (χ3n) is 6.00. The predicted octanol–water partition coefficient (Wildman–Crippen LogP) is 2.32. The molecule has 0 radical (unpaired) electrons. The molecule has 0 saturated carbocycles. The molecule has 37 heavy (non-hydrogen) atoms. The Morgan fingerprint density at radius 1 is 1.24 bits per heavy atom. The Bertz CT molecular complexity index is 1310. The lowest BCUT2D eigenvalue weighted by atomic mass is 10.1. The van der Waals surface area contributed by atoms with Crippen molar-refractivity contribution in [3.05, 3.63) is 48.3 Å². The Hall–Kier alpha value is -4.04. The molecule has 194 valence electrons. The zero-order chi connectivity index (χ0) is 26.2. The fourth-order valence-electron chi connectivity index (χ4n) is 4.22. The number of amides is 2. The molecule has 2 aromatic heterocycles. The van der Waals surface area contributed by atoms with Crippen LogP contribution < -0.4 is 19.9 Å². The fraction of sp³-hybridized carbons (Fsp3) is 0.348. The quantitative estimate of drug-likeness (QED) is 0.450. The smallest absolute Gasteiger partial charge is 0.416 e. The number of aromatic nitrogens is 4. The highest BCUT2D eigenvalue weighted by atomic mass is 19.4. The van der Waals surface area contributed by atoms with Gasteiger partial charge in [0.25, 0.3) is 0 Å². The molecule has 4 heterocycles. The number of aliphatic hydroxyl groups is 2. The number of nitrogens with one attached hydrogen (secondary N) is 1. The topological polar surface area (TPSA) is 137 Å². The van der Waals surface area contributed by atoms with Crippen LogP contribution >= 0.6 is 0 Å². The van der Waals surface area contributed by atoms with E-state index >= 15 is 0 Å². The molecular weight excluding hydrogens is 495 g/mol. The summed E-state index contributed by atoms with van der Waals surface area (Å²) in [5, 5.41) is 21.0. The largest absolute Gasteiger partial charge is 0.475 e. The van der Waals surface area contributed by atoms with Crippen LogP contribution in [0.3, 0.4) is 0 Å². The lowest BCUT2D eigenvalue weighted by Crippen LogP contribution is -2.48. The minimum Gasteiger partial charge on any atom is -0.475 e. The van der Waals surface area contributed by atoms with Gasteiger partial charge in [0.15, 0.2) is 11.6 Å². The maximum absolute atomic E-state index is 13.4. The minimum absolute atomic E-state index is 0.0549. The monoisotopic (exact) mass is 517 g/mol. The van der Waals surface area contributed by atoms with Gasteiger partial charge in [-0.1, -0.05) is 12.1 Å². The molecule has 0 unspecified atom stereocenters. The second-order valence-electron chi connectivity index (χ2n) is 8.54. The third-order valence-corrected chi connectivity index (χ3v) is 6.00. The second-order valence-corrected chi connectivity index (χ2v) is 8.54. The van der Waals surface area contributed by atoms with Crippen LogP contribution in [0.25, 0.3) is 11.4 Å². The Labute approximate surface area is 208 Å². The maximum Gasteiger partial charge on any atom is 0.416 e. The van der Waals surface area contributed by atoms with Crippen LogP contribution in [-0.2, 0) is 6.18 Å². The molecule has 2 amide bonds. The lowest BCUT2D eigenvalue weighted by molar-refractivity contribution is -0.137. The number of anilines is 3. The number of hydrogen-bond acceptors (Lipinski definition) is 9. The Morgan fingerprint density at radius 3 is 2.86 bits per heavy atom. The van der Waals surface area contributed by atoms with Gasteiger partial charge in [-0.2, -0.15) is 18.2 Å². The van der Waals surface area contributed by atoms with Gasteiger partial charge >= 0.3 is 12.2 Å². The molecule has 3 aromatic rings. The molecule has 2 aliphatic rings. The maximum atomic E-state index is 13.4. The van der Waals surface area contributed by atoms with Gasteiger partial charge in [0.2, 0.25) is 11.8 Å². The van der Waals surface area contributed by atoms with Crippen molar-refractivity contribution in [1.82, 2.24) is 19.9 Å². The highest BCUT2D eigenvalue weighted by molar-refractivity contribution is 6.03. The summed E-state index contributed by atoms with van der Waals surface area (Å²) in [4.78, 5) is 33.7. The van der Waals surface area contributed by atoms with E-state index in [2.05, 4.69) is 25.3 Å². The number of alkyl halides is 3. The molecule has 14 heteroatoms. The van der Waals surface area contributed by atoms with E-state index in [0.717, 1.165) is 12.1 Å². The molecule has 2 bridgehead atoms. The van der Waals surface area contributed by atoms with Crippen LogP contribution in [0.4, 0.5) is 35.4 Å². The summed E-state index contributed by atoms with van der Waals surface area (Å²) < 4.78 is 45.0. The summed E-state index contributed by atoms with van der Waals surface area (Å²) in [5.74, 6) is 0.347. The van der Waals surface area contributed by atoms with Gasteiger partial charge in [0, 0.05) is 30.9 Å². The Kier molecular flexibility index (Phi) is 6.52. The molecule has 5 rings (SSSR count). The zero-order valence-electron chi connectivity index (χ0n) is 19.3.